The minimum absolute atomic E-state index is 0.0561. The molecule has 0 N–H and O–H groups in total. The SMILES string of the molecule is CC(C)C1CCCN(C(=O)c2cncc(Cl)n2)CC1. The van der Waals surface area contributed by atoms with Gasteiger partial charge in [0.2, 0.25) is 0 Å². The Bertz CT molecular complexity index is 450. The number of aromatic nitrogens is 2. The minimum atomic E-state index is -0.0561. The maximum atomic E-state index is 12.3. The second kappa shape index (κ2) is 6.33. The summed E-state index contributed by atoms with van der Waals surface area (Å²) in [5.74, 6) is 1.34. The van der Waals surface area contributed by atoms with Crippen molar-refractivity contribution >= 4 is 17.5 Å². The molecular weight excluding hydrogens is 262 g/mol. The Hall–Kier alpha value is -1.16. The smallest absolute Gasteiger partial charge is 0.274 e. The zero-order valence-electron chi connectivity index (χ0n) is 11.5. The van der Waals surface area contributed by atoms with E-state index in [9.17, 15) is 4.79 Å². The summed E-state index contributed by atoms with van der Waals surface area (Å²) in [4.78, 5) is 22.2. The molecule has 1 aliphatic heterocycles. The molecule has 5 heteroatoms. The molecule has 1 amide bonds. The molecule has 1 aromatic rings. The molecule has 1 atom stereocenters. The van der Waals surface area contributed by atoms with Crippen molar-refractivity contribution in [1.82, 2.24) is 14.9 Å². The first-order valence-corrected chi connectivity index (χ1v) is 7.22. The molecule has 1 aliphatic rings. The third-order valence-electron chi connectivity index (χ3n) is 3.83. The van der Waals surface area contributed by atoms with Crippen molar-refractivity contribution in [2.45, 2.75) is 33.1 Å². The van der Waals surface area contributed by atoms with Gasteiger partial charge in [-0.05, 0) is 31.1 Å². The molecular formula is C14H20ClN3O. The van der Waals surface area contributed by atoms with Gasteiger partial charge in [0.05, 0.1) is 12.4 Å². The number of hydrogen-bond donors (Lipinski definition) is 0. The number of carbonyl (C=O) groups excluding carboxylic acids is 1. The van der Waals surface area contributed by atoms with Crippen molar-refractivity contribution in [3.05, 3.63) is 23.2 Å². The van der Waals surface area contributed by atoms with Gasteiger partial charge in [0.1, 0.15) is 10.8 Å². The van der Waals surface area contributed by atoms with Gasteiger partial charge in [-0.2, -0.15) is 0 Å². The summed E-state index contributed by atoms with van der Waals surface area (Å²) in [7, 11) is 0. The maximum Gasteiger partial charge on any atom is 0.274 e. The van der Waals surface area contributed by atoms with Gasteiger partial charge in [0, 0.05) is 13.1 Å². The molecule has 4 nitrogen and oxygen atoms in total. The van der Waals surface area contributed by atoms with Crippen molar-refractivity contribution in [3.8, 4) is 0 Å². The molecule has 104 valence electrons. The van der Waals surface area contributed by atoms with Gasteiger partial charge in [0.25, 0.3) is 5.91 Å². The maximum absolute atomic E-state index is 12.3. The molecule has 2 heterocycles. The molecule has 1 aromatic heterocycles. The average molecular weight is 282 g/mol. The van der Waals surface area contributed by atoms with Crippen LogP contribution in [-0.4, -0.2) is 33.9 Å². The predicted octanol–water partition coefficient (Wildman–Crippen LogP) is 3.03. The number of carbonyl (C=O) groups is 1. The van der Waals surface area contributed by atoms with E-state index in [4.69, 9.17) is 11.6 Å². The number of likely N-dealkylation sites (tertiary alicyclic amines) is 1. The van der Waals surface area contributed by atoms with Gasteiger partial charge in [0.15, 0.2) is 0 Å². The number of hydrogen-bond acceptors (Lipinski definition) is 3. The topological polar surface area (TPSA) is 46.1 Å². The van der Waals surface area contributed by atoms with Crippen LogP contribution in [0.15, 0.2) is 12.4 Å². The zero-order valence-corrected chi connectivity index (χ0v) is 12.2. The second-order valence-corrected chi connectivity index (χ2v) is 5.84. The van der Waals surface area contributed by atoms with Gasteiger partial charge in [-0.3, -0.25) is 9.78 Å². The molecule has 1 fully saturated rings. The van der Waals surface area contributed by atoms with Crippen LogP contribution in [0, 0.1) is 11.8 Å². The number of halogens is 1. The Balaban J connectivity index is 2.04. The predicted molar refractivity (Wildman–Crippen MR) is 75.1 cm³/mol. The van der Waals surface area contributed by atoms with Crippen LogP contribution in [0.3, 0.4) is 0 Å². The monoisotopic (exact) mass is 281 g/mol. The number of rotatable bonds is 2. The minimum Gasteiger partial charge on any atom is -0.337 e. The molecule has 0 saturated carbocycles. The summed E-state index contributed by atoms with van der Waals surface area (Å²) < 4.78 is 0. The van der Waals surface area contributed by atoms with Crippen molar-refractivity contribution in [2.75, 3.05) is 13.1 Å². The lowest BCUT2D eigenvalue weighted by Gasteiger charge is -2.21. The highest BCUT2D eigenvalue weighted by molar-refractivity contribution is 6.29. The van der Waals surface area contributed by atoms with E-state index < -0.39 is 0 Å². The van der Waals surface area contributed by atoms with Crippen LogP contribution in [0.1, 0.15) is 43.6 Å². The fraction of sp³-hybridized carbons (Fsp3) is 0.643. The normalized spacial score (nSPS) is 20.4. The first-order valence-electron chi connectivity index (χ1n) is 6.84. The third kappa shape index (κ3) is 3.66. The molecule has 0 bridgehead atoms. The number of amides is 1. The van der Waals surface area contributed by atoms with Crippen LogP contribution >= 0.6 is 11.6 Å². The Morgan fingerprint density at radius 2 is 2.16 bits per heavy atom. The van der Waals surface area contributed by atoms with Crippen LogP contribution < -0.4 is 0 Å². The van der Waals surface area contributed by atoms with Crippen LogP contribution in [0.25, 0.3) is 0 Å². The molecule has 1 saturated heterocycles. The highest BCUT2D eigenvalue weighted by atomic mass is 35.5. The van der Waals surface area contributed by atoms with E-state index in [1.54, 1.807) is 0 Å². The number of nitrogens with zero attached hydrogens (tertiary/aromatic N) is 3. The largest absolute Gasteiger partial charge is 0.337 e. The van der Waals surface area contributed by atoms with Gasteiger partial charge < -0.3 is 4.90 Å². The van der Waals surface area contributed by atoms with E-state index in [1.807, 2.05) is 4.90 Å². The molecule has 1 unspecified atom stereocenters. The lowest BCUT2D eigenvalue weighted by atomic mass is 9.89. The third-order valence-corrected chi connectivity index (χ3v) is 4.01. The van der Waals surface area contributed by atoms with Gasteiger partial charge in [-0.1, -0.05) is 25.4 Å². The Morgan fingerprint density at radius 3 is 2.84 bits per heavy atom. The van der Waals surface area contributed by atoms with Crippen LogP contribution in [0.4, 0.5) is 0 Å². The average Bonchev–Trinajstić information content (AvgIpc) is 2.63. The van der Waals surface area contributed by atoms with E-state index in [0.717, 1.165) is 25.9 Å². The van der Waals surface area contributed by atoms with Crippen molar-refractivity contribution < 1.29 is 4.79 Å². The van der Waals surface area contributed by atoms with Gasteiger partial charge >= 0.3 is 0 Å². The molecule has 0 radical (unpaired) electrons. The molecule has 19 heavy (non-hydrogen) atoms. The van der Waals surface area contributed by atoms with E-state index in [0.29, 0.717) is 17.5 Å². The zero-order chi connectivity index (χ0) is 13.8. The van der Waals surface area contributed by atoms with E-state index in [-0.39, 0.29) is 11.1 Å². The standard InChI is InChI=1S/C14H20ClN3O/c1-10(2)11-4-3-6-18(7-5-11)14(19)12-8-16-9-13(15)17-12/h8-11H,3-7H2,1-2H3. The summed E-state index contributed by atoms with van der Waals surface area (Å²) in [5, 5.41) is 0.265. The molecule has 0 spiro atoms. The van der Waals surface area contributed by atoms with Crippen molar-refractivity contribution in [2.24, 2.45) is 11.8 Å². The van der Waals surface area contributed by atoms with Crippen molar-refractivity contribution in [1.29, 1.82) is 0 Å². The fourth-order valence-electron chi connectivity index (χ4n) is 2.60. The molecule has 2 rings (SSSR count). The van der Waals surface area contributed by atoms with E-state index in [1.165, 1.54) is 18.8 Å². The van der Waals surface area contributed by atoms with E-state index >= 15 is 0 Å². The summed E-state index contributed by atoms with van der Waals surface area (Å²) in [6.45, 7) is 6.11. The fourth-order valence-corrected chi connectivity index (χ4v) is 2.75. The second-order valence-electron chi connectivity index (χ2n) is 5.45. The van der Waals surface area contributed by atoms with E-state index in [2.05, 4.69) is 23.8 Å². The Kier molecular flexibility index (Phi) is 4.75. The lowest BCUT2D eigenvalue weighted by molar-refractivity contribution is 0.0752. The molecule has 0 aromatic carbocycles. The highest BCUT2D eigenvalue weighted by Crippen LogP contribution is 2.25. The summed E-state index contributed by atoms with van der Waals surface area (Å²) in [6, 6.07) is 0. The van der Waals surface area contributed by atoms with Gasteiger partial charge in [-0.15, -0.1) is 0 Å². The van der Waals surface area contributed by atoms with Gasteiger partial charge in [-0.25, -0.2) is 4.98 Å². The molecule has 0 aliphatic carbocycles. The quantitative estimate of drug-likeness (QED) is 0.837. The Morgan fingerprint density at radius 1 is 1.37 bits per heavy atom. The first kappa shape index (κ1) is 14.3. The Labute approximate surface area is 119 Å². The van der Waals surface area contributed by atoms with Crippen LogP contribution in [-0.2, 0) is 0 Å². The highest BCUT2D eigenvalue weighted by Gasteiger charge is 2.23. The summed E-state index contributed by atoms with van der Waals surface area (Å²) in [6.07, 6.45) is 6.25. The van der Waals surface area contributed by atoms with Crippen LogP contribution in [0.5, 0.6) is 0 Å². The summed E-state index contributed by atoms with van der Waals surface area (Å²) >= 11 is 5.78. The first-order chi connectivity index (χ1) is 9.08. The summed E-state index contributed by atoms with van der Waals surface area (Å²) in [5.41, 5.74) is 0.343. The van der Waals surface area contributed by atoms with Crippen molar-refractivity contribution in [3.63, 3.8) is 0 Å². The lowest BCUT2D eigenvalue weighted by Crippen LogP contribution is -2.32. The van der Waals surface area contributed by atoms with Crippen LogP contribution in [0.2, 0.25) is 5.15 Å².